The molecule has 0 saturated carbocycles. The largest absolute Gasteiger partial charge is 0.318 e. The Bertz CT molecular complexity index is 218. The standard InChI is InChI=1S/C22H48N2/c1-4-5-6-7-8-9-10-11-12-13-14-15-16-17-18-19-20-22(24-3)21-23-2/h22-24H,4-21H2,1-3H3. The van der Waals surface area contributed by atoms with Crippen LogP contribution in [0.2, 0.25) is 0 Å². The summed E-state index contributed by atoms with van der Waals surface area (Å²) >= 11 is 0. The summed E-state index contributed by atoms with van der Waals surface area (Å²) in [5.41, 5.74) is 0. The second kappa shape index (κ2) is 21.0. The molecule has 0 aromatic carbocycles. The lowest BCUT2D eigenvalue weighted by molar-refractivity contribution is 0.464. The fourth-order valence-electron chi connectivity index (χ4n) is 3.53. The molecule has 0 bridgehead atoms. The Morgan fingerprint density at radius 2 is 0.917 bits per heavy atom. The van der Waals surface area contributed by atoms with Gasteiger partial charge in [0.25, 0.3) is 0 Å². The topological polar surface area (TPSA) is 24.1 Å². The molecule has 0 aromatic rings. The molecule has 0 spiro atoms. The van der Waals surface area contributed by atoms with Gasteiger partial charge in [0.05, 0.1) is 0 Å². The van der Waals surface area contributed by atoms with Gasteiger partial charge < -0.3 is 10.6 Å². The molecule has 0 aliphatic carbocycles. The lowest BCUT2D eigenvalue weighted by Crippen LogP contribution is -2.34. The van der Waals surface area contributed by atoms with E-state index >= 15 is 0 Å². The van der Waals surface area contributed by atoms with E-state index in [0.29, 0.717) is 6.04 Å². The van der Waals surface area contributed by atoms with Gasteiger partial charge in [-0.2, -0.15) is 0 Å². The minimum atomic E-state index is 0.654. The number of unbranched alkanes of at least 4 members (excludes halogenated alkanes) is 15. The molecule has 0 radical (unpaired) electrons. The SMILES string of the molecule is CCCCCCCCCCCCCCCCCCC(CNC)NC. The first-order chi connectivity index (χ1) is 11.8. The Morgan fingerprint density at radius 3 is 1.25 bits per heavy atom. The normalized spacial score (nSPS) is 12.6. The molecule has 1 unspecified atom stereocenters. The van der Waals surface area contributed by atoms with Gasteiger partial charge in [0.2, 0.25) is 0 Å². The Morgan fingerprint density at radius 1 is 0.542 bits per heavy atom. The van der Waals surface area contributed by atoms with E-state index in [4.69, 9.17) is 0 Å². The summed E-state index contributed by atoms with van der Waals surface area (Å²) in [6.07, 6.45) is 24.5. The van der Waals surface area contributed by atoms with Crippen molar-refractivity contribution in [3.63, 3.8) is 0 Å². The first kappa shape index (κ1) is 23.9. The molecule has 0 aromatic heterocycles. The van der Waals surface area contributed by atoms with Crippen LogP contribution >= 0.6 is 0 Å². The summed E-state index contributed by atoms with van der Waals surface area (Å²) < 4.78 is 0. The second-order valence-electron chi connectivity index (χ2n) is 7.64. The van der Waals surface area contributed by atoms with Crippen LogP contribution in [0.1, 0.15) is 116 Å². The molecular weight excluding hydrogens is 292 g/mol. The number of hydrogen-bond donors (Lipinski definition) is 2. The molecule has 0 fully saturated rings. The van der Waals surface area contributed by atoms with Crippen LogP contribution < -0.4 is 10.6 Å². The molecule has 2 heteroatoms. The molecule has 2 N–H and O–H groups in total. The molecule has 0 amide bonds. The van der Waals surface area contributed by atoms with Crippen molar-refractivity contribution < 1.29 is 0 Å². The monoisotopic (exact) mass is 340 g/mol. The molecule has 0 saturated heterocycles. The maximum atomic E-state index is 3.39. The van der Waals surface area contributed by atoms with Crippen LogP contribution in [0.3, 0.4) is 0 Å². The molecule has 146 valence electrons. The maximum absolute atomic E-state index is 3.39. The van der Waals surface area contributed by atoms with Gasteiger partial charge in [-0.05, 0) is 20.5 Å². The third kappa shape index (κ3) is 18.3. The molecule has 2 nitrogen and oxygen atoms in total. The average Bonchev–Trinajstić information content (AvgIpc) is 2.60. The molecule has 0 aliphatic heterocycles. The minimum absolute atomic E-state index is 0.654. The van der Waals surface area contributed by atoms with Crippen molar-refractivity contribution in [3.05, 3.63) is 0 Å². The van der Waals surface area contributed by atoms with E-state index in [9.17, 15) is 0 Å². The van der Waals surface area contributed by atoms with Crippen molar-refractivity contribution >= 4 is 0 Å². The van der Waals surface area contributed by atoms with Crippen molar-refractivity contribution in [3.8, 4) is 0 Å². The number of nitrogens with one attached hydrogen (secondary N) is 2. The summed E-state index contributed by atoms with van der Waals surface area (Å²) in [4.78, 5) is 0. The van der Waals surface area contributed by atoms with Gasteiger partial charge in [-0.15, -0.1) is 0 Å². The van der Waals surface area contributed by atoms with E-state index in [-0.39, 0.29) is 0 Å². The van der Waals surface area contributed by atoms with Gasteiger partial charge in [0.15, 0.2) is 0 Å². The first-order valence-corrected chi connectivity index (χ1v) is 11.2. The molecule has 0 aliphatic rings. The number of likely N-dealkylation sites (N-methyl/N-ethyl adjacent to an activating group) is 2. The summed E-state index contributed by atoms with van der Waals surface area (Å²) in [7, 11) is 4.12. The highest BCUT2D eigenvalue weighted by atomic mass is 14.9. The molecule has 1 atom stereocenters. The average molecular weight is 341 g/mol. The van der Waals surface area contributed by atoms with Gasteiger partial charge in [-0.1, -0.05) is 110 Å². The third-order valence-electron chi connectivity index (χ3n) is 5.26. The lowest BCUT2D eigenvalue weighted by Gasteiger charge is -2.15. The Labute approximate surface area is 154 Å². The van der Waals surface area contributed by atoms with E-state index < -0.39 is 0 Å². The first-order valence-electron chi connectivity index (χ1n) is 11.2. The summed E-state index contributed by atoms with van der Waals surface area (Å²) in [5.74, 6) is 0. The van der Waals surface area contributed by atoms with Gasteiger partial charge >= 0.3 is 0 Å². The Kier molecular flexibility index (Phi) is 20.9. The highest BCUT2D eigenvalue weighted by Crippen LogP contribution is 2.14. The molecule has 0 heterocycles. The van der Waals surface area contributed by atoms with E-state index in [1.807, 2.05) is 7.05 Å². The molecule has 24 heavy (non-hydrogen) atoms. The van der Waals surface area contributed by atoms with Crippen molar-refractivity contribution in [1.82, 2.24) is 10.6 Å². The maximum Gasteiger partial charge on any atom is 0.0189 e. The highest BCUT2D eigenvalue weighted by Gasteiger charge is 2.03. The Hall–Kier alpha value is -0.0800. The van der Waals surface area contributed by atoms with Crippen LogP contribution in [0.15, 0.2) is 0 Å². The van der Waals surface area contributed by atoms with Gasteiger partial charge in [0, 0.05) is 12.6 Å². The number of hydrogen-bond acceptors (Lipinski definition) is 2. The fraction of sp³-hybridized carbons (Fsp3) is 1.00. The lowest BCUT2D eigenvalue weighted by atomic mass is 10.0. The predicted molar refractivity (Wildman–Crippen MR) is 111 cm³/mol. The van der Waals surface area contributed by atoms with Crippen molar-refractivity contribution in [1.29, 1.82) is 0 Å². The zero-order valence-corrected chi connectivity index (χ0v) is 17.3. The zero-order valence-electron chi connectivity index (χ0n) is 17.3. The quantitative estimate of drug-likeness (QED) is 0.249. The van der Waals surface area contributed by atoms with Crippen LogP contribution in [0, 0.1) is 0 Å². The van der Waals surface area contributed by atoms with Crippen LogP contribution in [-0.2, 0) is 0 Å². The summed E-state index contributed by atoms with van der Waals surface area (Å²) in [5, 5.41) is 6.65. The fourth-order valence-corrected chi connectivity index (χ4v) is 3.53. The molecule has 0 rings (SSSR count). The van der Waals surface area contributed by atoms with E-state index in [1.165, 1.54) is 109 Å². The predicted octanol–water partition coefficient (Wildman–Crippen LogP) is 6.45. The Balaban J connectivity index is 3.07. The second-order valence-corrected chi connectivity index (χ2v) is 7.64. The zero-order chi connectivity index (χ0) is 17.7. The van der Waals surface area contributed by atoms with Gasteiger partial charge in [-0.3, -0.25) is 0 Å². The van der Waals surface area contributed by atoms with E-state index in [2.05, 4.69) is 24.6 Å². The van der Waals surface area contributed by atoms with Gasteiger partial charge in [0.1, 0.15) is 0 Å². The van der Waals surface area contributed by atoms with Crippen LogP contribution in [0.4, 0.5) is 0 Å². The number of rotatable bonds is 20. The summed E-state index contributed by atoms with van der Waals surface area (Å²) in [6, 6.07) is 0.654. The third-order valence-corrected chi connectivity index (χ3v) is 5.26. The van der Waals surface area contributed by atoms with Crippen LogP contribution in [0.25, 0.3) is 0 Å². The van der Waals surface area contributed by atoms with Gasteiger partial charge in [-0.25, -0.2) is 0 Å². The summed E-state index contributed by atoms with van der Waals surface area (Å²) in [6.45, 7) is 3.39. The van der Waals surface area contributed by atoms with Crippen LogP contribution in [0.5, 0.6) is 0 Å². The van der Waals surface area contributed by atoms with Crippen molar-refractivity contribution in [2.45, 2.75) is 122 Å². The van der Waals surface area contributed by atoms with E-state index in [1.54, 1.807) is 0 Å². The minimum Gasteiger partial charge on any atom is -0.318 e. The van der Waals surface area contributed by atoms with Crippen molar-refractivity contribution in [2.75, 3.05) is 20.6 Å². The highest BCUT2D eigenvalue weighted by molar-refractivity contribution is 4.66. The van der Waals surface area contributed by atoms with Crippen LogP contribution in [-0.4, -0.2) is 26.7 Å². The van der Waals surface area contributed by atoms with E-state index in [0.717, 1.165) is 6.54 Å². The van der Waals surface area contributed by atoms with Crippen molar-refractivity contribution in [2.24, 2.45) is 0 Å². The smallest absolute Gasteiger partial charge is 0.0189 e. The molecular formula is C22H48N2.